The van der Waals surface area contributed by atoms with Crippen LogP contribution < -0.4 is 5.73 Å². The largest absolute Gasteiger partial charge is 0.436 e. The molecule has 1 aliphatic rings. The Morgan fingerprint density at radius 3 is 2.72 bits per heavy atom. The van der Waals surface area contributed by atoms with Crippen LogP contribution in [0.5, 0.6) is 0 Å². The number of hydrogen-bond donors (Lipinski definition) is 2. The SMILES string of the molecule is N[C@H]1CCC[C@H](OCc2ccc(-c3nc4ccccc4o3)cc2)[C@@H]1O. The number of aliphatic hydroxyl groups is 1. The van der Waals surface area contributed by atoms with E-state index in [1.807, 2.05) is 48.5 Å². The fraction of sp³-hybridized carbons (Fsp3) is 0.350. The van der Waals surface area contributed by atoms with Gasteiger partial charge in [-0.25, -0.2) is 4.98 Å². The third-order valence-corrected chi connectivity index (χ3v) is 4.80. The van der Waals surface area contributed by atoms with Crippen LogP contribution in [0.3, 0.4) is 0 Å². The maximum Gasteiger partial charge on any atom is 0.227 e. The van der Waals surface area contributed by atoms with Crippen LogP contribution in [-0.2, 0) is 11.3 Å². The van der Waals surface area contributed by atoms with Crippen molar-refractivity contribution in [3.05, 3.63) is 54.1 Å². The molecule has 2 aromatic carbocycles. The van der Waals surface area contributed by atoms with Gasteiger partial charge < -0.3 is 20.0 Å². The van der Waals surface area contributed by atoms with E-state index in [1.165, 1.54) is 0 Å². The molecule has 1 aromatic heterocycles. The number of para-hydroxylation sites is 2. The van der Waals surface area contributed by atoms with Crippen LogP contribution in [0.1, 0.15) is 24.8 Å². The molecule has 5 heteroatoms. The number of benzene rings is 2. The highest BCUT2D eigenvalue weighted by Gasteiger charge is 2.29. The smallest absolute Gasteiger partial charge is 0.227 e. The first-order valence-corrected chi connectivity index (χ1v) is 8.71. The lowest BCUT2D eigenvalue weighted by molar-refractivity contribution is -0.0740. The fourth-order valence-electron chi connectivity index (χ4n) is 3.30. The van der Waals surface area contributed by atoms with Crippen molar-refractivity contribution >= 4 is 11.1 Å². The molecular weight excluding hydrogens is 316 g/mol. The molecule has 25 heavy (non-hydrogen) atoms. The summed E-state index contributed by atoms with van der Waals surface area (Å²) in [5.74, 6) is 0.613. The van der Waals surface area contributed by atoms with Gasteiger partial charge in [-0.3, -0.25) is 0 Å². The molecular formula is C20H22N2O3. The van der Waals surface area contributed by atoms with Gasteiger partial charge in [-0.15, -0.1) is 0 Å². The first kappa shape index (κ1) is 16.3. The summed E-state index contributed by atoms with van der Waals surface area (Å²) < 4.78 is 11.7. The van der Waals surface area contributed by atoms with E-state index in [4.69, 9.17) is 14.9 Å². The minimum atomic E-state index is -0.576. The zero-order chi connectivity index (χ0) is 17.2. The summed E-state index contributed by atoms with van der Waals surface area (Å²) in [4.78, 5) is 4.51. The standard InChI is InChI=1S/C20H22N2O3/c21-15-4-3-7-18(19(15)23)24-12-13-8-10-14(11-9-13)20-22-16-5-1-2-6-17(16)25-20/h1-2,5-6,8-11,15,18-19,23H,3-4,7,12,21H2/t15-,18-,19+/m0/s1. The molecule has 1 fully saturated rings. The molecule has 1 aliphatic carbocycles. The second-order valence-corrected chi connectivity index (χ2v) is 6.62. The number of hydrogen-bond acceptors (Lipinski definition) is 5. The number of nitrogens with two attached hydrogens (primary N) is 1. The first-order chi connectivity index (χ1) is 12.2. The van der Waals surface area contributed by atoms with Crippen LogP contribution in [0.15, 0.2) is 52.9 Å². The number of ether oxygens (including phenoxy) is 1. The summed E-state index contributed by atoms with van der Waals surface area (Å²) in [5, 5.41) is 10.1. The van der Waals surface area contributed by atoms with Gasteiger partial charge in [0, 0.05) is 11.6 Å². The van der Waals surface area contributed by atoms with Crippen LogP contribution in [0.25, 0.3) is 22.6 Å². The van der Waals surface area contributed by atoms with Gasteiger partial charge in [0.2, 0.25) is 5.89 Å². The Kier molecular flexibility index (Phi) is 4.53. The van der Waals surface area contributed by atoms with E-state index < -0.39 is 6.10 Å². The second-order valence-electron chi connectivity index (χ2n) is 6.62. The zero-order valence-electron chi connectivity index (χ0n) is 14.0. The zero-order valence-corrected chi connectivity index (χ0v) is 14.0. The van der Waals surface area contributed by atoms with Gasteiger partial charge in [0.1, 0.15) is 5.52 Å². The molecule has 0 aliphatic heterocycles. The van der Waals surface area contributed by atoms with Gasteiger partial charge in [0.25, 0.3) is 0 Å². The van der Waals surface area contributed by atoms with Crippen molar-refractivity contribution in [1.82, 2.24) is 4.98 Å². The van der Waals surface area contributed by atoms with Gasteiger partial charge >= 0.3 is 0 Å². The third kappa shape index (κ3) is 3.44. The van der Waals surface area contributed by atoms with Crippen molar-refractivity contribution in [3.8, 4) is 11.5 Å². The van der Waals surface area contributed by atoms with E-state index in [-0.39, 0.29) is 12.1 Å². The maximum atomic E-state index is 10.1. The minimum Gasteiger partial charge on any atom is -0.436 e. The van der Waals surface area contributed by atoms with Crippen LogP contribution >= 0.6 is 0 Å². The first-order valence-electron chi connectivity index (χ1n) is 8.71. The number of aromatic nitrogens is 1. The lowest BCUT2D eigenvalue weighted by Crippen LogP contribution is -2.47. The average Bonchev–Trinajstić information content (AvgIpc) is 3.07. The molecule has 0 bridgehead atoms. The molecule has 1 saturated carbocycles. The Hall–Kier alpha value is -2.21. The Bertz CT molecular complexity index is 811. The van der Waals surface area contributed by atoms with Gasteiger partial charge in [0.15, 0.2) is 5.58 Å². The lowest BCUT2D eigenvalue weighted by atomic mass is 9.90. The second kappa shape index (κ2) is 6.96. The van der Waals surface area contributed by atoms with Gasteiger partial charge in [-0.1, -0.05) is 24.3 Å². The molecule has 0 unspecified atom stereocenters. The van der Waals surface area contributed by atoms with Crippen molar-refractivity contribution in [2.24, 2.45) is 5.73 Å². The minimum absolute atomic E-state index is 0.180. The quantitative estimate of drug-likeness (QED) is 0.763. The molecule has 1 heterocycles. The number of oxazole rings is 1. The number of aliphatic hydroxyl groups excluding tert-OH is 1. The van der Waals surface area contributed by atoms with Crippen LogP contribution in [0.2, 0.25) is 0 Å². The van der Waals surface area contributed by atoms with E-state index >= 15 is 0 Å². The molecule has 0 amide bonds. The fourth-order valence-corrected chi connectivity index (χ4v) is 3.30. The van der Waals surface area contributed by atoms with Crippen LogP contribution in [0.4, 0.5) is 0 Å². The van der Waals surface area contributed by atoms with E-state index in [0.29, 0.717) is 12.5 Å². The topological polar surface area (TPSA) is 81.5 Å². The van der Waals surface area contributed by atoms with Crippen molar-refractivity contribution in [2.45, 2.75) is 44.1 Å². The molecule has 3 aromatic rings. The Balaban J connectivity index is 1.43. The Labute approximate surface area is 146 Å². The van der Waals surface area contributed by atoms with Gasteiger partial charge in [-0.2, -0.15) is 0 Å². The van der Waals surface area contributed by atoms with E-state index in [9.17, 15) is 5.11 Å². The normalized spacial score (nSPS) is 23.8. The van der Waals surface area contributed by atoms with E-state index in [1.54, 1.807) is 0 Å². The highest BCUT2D eigenvalue weighted by molar-refractivity contribution is 5.75. The predicted octanol–water partition coefficient (Wildman–Crippen LogP) is 3.25. The summed E-state index contributed by atoms with van der Waals surface area (Å²) in [6.45, 7) is 0.461. The summed E-state index contributed by atoms with van der Waals surface area (Å²) in [7, 11) is 0. The van der Waals surface area contributed by atoms with Crippen molar-refractivity contribution in [3.63, 3.8) is 0 Å². The van der Waals surface area contributed by atoms with Crippen LogP contribution in [-0.4, -0.2) is 28.3 Å². The van der Waals surface area contributed by atoms with E-state index in [0.717, 1.165) is 41.5 Å². The number of fused-ring (bicyclic) bond motifs is 1. The van der Waals surface area contributed by atoms with Crippen LogP contribution in [0, 0.1) is 0 Å². The predicted molar refractivity (Wildman–Crippen MR) is 95.9 cm³/mol. The van der Waals surface area contributed by atoms with Crippen molar-refractivity contribution in [1.29, 1.82) is 0 Å². The van der Waals surface area contributed by atoms with Gasteiger partial charge in [-0.05, 0) is 49.1 Å². The maximum absolute atomic E-state index is 10.1. The molecule has 4 rings (SSSR count). The molecule has 0 radical (unpaired) electrons. The molecule has 0 spiro atoms. The van der Waals surface area contributed by atoms with Crippen molar-refractivity contribution < 1.29 is 14.3 Å². The monoisotopic (exact) mass is 338 g/mol. The molecule has 130 valence electrons. The highest BCUT2D eigenvalue weighted by atomic mass is 16.5. The highest BCUT2D eigenvalue weighted by Crippen LogP contribution is 2.25. The third-order valence-electron chi connectivity index (χ3n) is 4.80. The summed E-state index contributed by atoms with van der Waals surface area (Å²) in [6.07, 6.45) is 1.96. The summed E-state index contributed by atoms with van der Waals surface area (Å²) in [5.41, 5.74) is 9.52. The lowest BCUT2D eigenvalue weighted by Gasteiger charge is -2.32. The molecule has 3 N–H and O–H groups in total. The molecule has 0 saturated heterocycles. The molecule has 3 atom stereocenters. The summed E-state index contributed by atoms with van der Waals surface area (Å²) in [6, 6.07) is 15.5. The Morgan fingerprint density at radius 2 is 1.92 bits per heavy atom. The number of rotatable bonds is 4. The Morgan fingerprint density at radius 1 is 1.12 bits per heavy atom. The van der Waals surface area contributed by atoms with Gasteiger partial charge in [0.05, 0.1) is 18.8 Å². The van der Waals surface area contributed by atoms with Crippen molar-refractivity contribution in [2.75, 3.05) is 0 Å². The molecule has 5 nitrogen and oxygen atoms in total. The van der Waals surface area contributed by atoms with E-state index in [2.05, 4.69) is 4.98 Å². The average molecular weight is 338 g/mol. The summed E-state index contributed by atoms with van der Waals surface area (Å²) >= 11 is 0. The number of nitrogens with zero attached hydrogens (tertiary/aromatic N) is 1.